The number of aryl methyl sites for hydroxylation is 1. The van der Waals surface area contributed by atoms with Crippen molar-refractivity contribution >= 4 is 17.6 Å². The molecule has 0 aromatic heterocycles. The van der Waals surface area contributed by atoms with Crippen LogP contribution in [0.15, 0.2) is 18.2 Å². The molecule has 0 aliphatic heterocycles. The number of nitrogen functional groups attached to an aromatic ring is 1. The molecule has 92 valence electrons. The third-order valence-corrected chi connectivity index (χ3v) is 2.20. The highest BCUT2D eigenvalue weighted by Gasteiger charge is 2.11. The van der Waals surface area contributed by atoms with Crippen molar-refractivity contribution in [3.05, 3.63) is 29.3 Å². The second kappa shape index (κ2) is 5.89. The van der Waals surface area contributed by atoms with Gasteiger partial charge in [-0.25, -0.2) is 0 Å². The fourth-order valence-electron chi connectivity index (χ4n) is 1.34. The van der Waals surface area contributed by atoms with Crippen LogP contribution in [0.1, 0.15) is 22.8 Å². The Morgan fingerprint density at radius 2 is 2.12 bits per heavy atom. The SMILES string of the molecule is CCOC(=O)CNC(=O)c1cc(N)ccc1C. The van der Waals surface area contributed by atoms with Gasteiger partial charge in [-0.3, -0.25) is 9.59 Å². The van der Waals surface area contributed by atoms with E-state index in [2.05, 4.69) is 5.32 Å². The summed E-state index contributed by atoms with van der Waals surface area (Å²) in [4.78, 5) is 22.8. The van der Waals surface area contributed by atoms with Crippen molar-refractivity contribution < 1.29 is 14.3 Å². The smallest absolute Gasteiger partial charge is 0.325 e. The van der Waals surface area contributed by atoms with Gasteiger partial charge in [0.25, 0.3) is 5.91 Å². The van der Waals surface area contributed by atoms with E-state index in [1.165, 1.54) is 0 Å². The van der Waals surface area contributed by atoms with E-state index in [4.69, 9.17) is 10.5 Å². The zero-order chi connectivity index (χ0) is 12.8. The third-order valence-electron chi connectivity index (χ3n) is 2.20. The van der Waals surface area contributed by atoms with E-state index in [0.29, 0.717) is 17.9 Å². The van der Waals surface area contributed by atoms with Gasteiger partial charge in [0, 0.05) is 11.3 Å². The lowest BCUT2D eigenvalue weighted by Crippen LogP contribution is -2.31. The maximum atomic E-state index is 11.8. The lowest BCUT2D eigenvalue weighted by molar-refractivity contribution is -0.141. The van der Waals surface area contributed by atoms with Gasteiger partial charge in [0.2, 0.25) is 0 Å². The average molecular weight is 236 g/mol. The van der Waals surface area contributed by atoms with Crippen LogP contribution in [0.5, 0.6) is 0 Å². The molecule has 0 saturated heterocycles. The summed E-state index contributed by atoms with van der Waals surface area (Å²) in [6.07, 6.45) is 0. The highest BCUT2D eigenvalue weighted by molar-refractivity contribution is 5.97. The summed E-state index contributed by atoms with van der Waals surface area (Å²) in [5.41, 5.74) is 7.38. The number of carbonyl (C=O) groups is 2. The zero-order valence-corrected chi connectivity index (χ0v) is 9.95. The normalized spacial score (nSPS) is 9.76. The van der Waals surface area contributed by atoms with Gasteiger partial charge in [0.15, 0.2) is 0 Å². The molecule has 5 heteroatoms. The topological polar surface area (TPSA) is 81.4 Å². The number of nitrogens with two attached hydrogens (primary N) is 1. The van der Waals surface area contributed by atoms with Crippen LogP contribution in [0, 0.1) is 6.92 Å². The van der Waals surface area contributed by atoms with Crippen molar-refractivity contribution in [2.75, 3.05) is 18.9 Å². The van der Waals surface area contributed by atoms with Gasteiger partial charge in [-0.2, -0.15) is 0 Å². The van der Waals surface area contributed by atoms with Crippen molar-refractivity contribution in [1.82, 2.24) is 5.32 Å². The van der Waals surface area contributed by atoms with Crippen LogP contribution in [0.2, 0.25) is 0 Å². The van der Waals surface area contributed by atoms with Crippen LogP contribution in [0.25, 0.3) is 0 Å². The van der Waals surface area contributed by atoms with E-state index in [9.17, 15) is 9.59 Å². The van der Waals surface area contributed by atoms with Gasteiger partial charge in [-0.1, -0.05) is 6.07 Å². The summed E-state index contributed by atoms with van der Waals surface area (Å²) < 4.78 is 4.70. The van der Waals surface area contributed by atoms with Gasteiger partial charge in [-0.05, 0) is 31.5 Å². The van der Waals surface area contributed by atoms with Gasteiger partial charge in [0.1, 0.15) is 6.54 Å². The van der Waals surface area contributed by atoms with E-state index in [1.807, 2.05) is 0 Å². The predicted octanol–water partition coefficient (Wildman–Crippen LogP) is 0.870. The molecule has 0 spiro atoms. The molecule has 5 nitrogen and oxygen atoms in total. The Balaban J connectivity index is 2.64. The number of carbonyl (C=O) groups excluding carboxylic acids is 2. The summed E-state index contributed by atoms with van der Waals surface area (Å²) in [6, 6.07) is 5.06. The summed E-state index contributed by atoms with van der Waals surface area (Å²) >= 11 is 0. The van der Waals surface area contributed by atoms with Crippen LogP contribution in [-0.2, 0) is 9.53 Å². The lowest BCUT2D eigenvalue weighted by atomic mass is 10.1. The van der Waals surface area contributed by atoms with E-state index < -0.39 is 5.97 Å². The molecule has 1 rings (SSSR count). The molecule has 1 aromatic carbocycles. The first kappa shape index (κ1) is 13.0. The second-order valence-corrected chi connectivity index (χ2v) is 3.56. The molecule has 0 unspecified atom stereocenters. The number of anilines is 1. The quantitative estimate of drug-likeness (QED) is 0.600. The molecule has 0 bridgehead atoms. The standard InChI is InChI=1S/C12H16N2O3/c1-3-17-11(15)7-14-12(16)10-6-9(13)5-4-8(10)2/h4-6H,3,7,13H2,1-2H3,(H,14,16). The molecule has 0 radical (unpaired) electrons. The third kappa shape index (κ3) is 3.79. The molecule has 0 atom stereocenters. The van der Waals surface area contributed by atoms with Crippen molar-refractivity contribution in [3.8, 4) is 0 Å². The summed E-state index contributed by atoms with van der Waals surface area (Å²) in [7, 11) is 0. The Morgan fingerprint density at radius 3 is 2.76 bits per heavy atom. The maximum absolute atomic E-state index is 11.8. The number of esters is 1. The first-order valence-corrected chi connectivity index (χ1v) is 5.34. The molecular weight excluding hydrogens is 220 g/mol. The fraction of sp³-hybridized carbons (Fsp3) is 0.333. The summed E-state index contributed by atoms with van der Waals surface area (Å²) in [6.45, 7) is 3.67. The highest BCUT2D eigenvalue weighted by Crippen LogP contribution is 2.12. The minimum Gasteiger partial charge on any atom is -0.465 e. The maximum Gasteiger partial charge on any atom is 0.325 e. The average Bonchev–Trinajstić information content (AvgIpc) is 2.29. The van der Waals surface area contributed by atoms with Gasteiger partial charge in [-0.15, -0.1) is 0 Å². The molecule has 1 amide bonds. The minimum absolute atomic E-state index is 0.138. The van der Waals surface area contributed by atoms with Crippen LogP contribution in [-0.4, -0.2) is 25.0 Å². The van der Waals surface area contributed by atoms with Gasteiger partial charge < -0.3 is 15.8 Å². The Morgan fingerprint density at radius 1 is 1.41 bits per heavy atom. The van der Waals surface area contributed by atoms with Gasteiger partial charge >= 0.3 is 5.97 Å². The molecule has 0 saturated carbocycles. The van der Waals surface area contributed by atoms with Crippen LogP contribution in [0.4, 0.5) is 5.69 Å². The van der Waals surface area contributed by atoms with Crippen molar-refractivity contribution in [1.29, 1.82) is 0 Å². The number of hydrogen-bond acceptors (Lipinski definition) is 4. The first-order chi connectivity index (χ1) is 8.04. The van der Waals surface area contributed by atoms with E-state index in [-0.39, 0.29) is 12.5 Å². The second-order valence-electron chi connectivity index (χ2n) is 3.56. The van der Waals surface area contributed by atoms with E-state index in [1.54, 1.807) is 32.0 Å². The number of amides is 1. The largest absolute Gasteiger partial charge is 0.465 e. The number of ether oxygens (including phenoxy) is 1. The number of rotatable bonds is 4. The molecule has 3 N–H and O–H groups in total. The van der Waals surface area contributed by atoms with Crippen molar-refractivity contribution in [2.45, 2.75) is 13.8 Å². The Bertz CT molecular complexity index is 430. The van der Waals surface area contributed by atoms with Crippen LogP contribution in [0.3, 0.4) is 0 Å². The fourth-order valence-corrected chi connectivity index (χ4v) is 1.34. The van der Waals surface area contributed by atoms with Gasteiger partial charge in [0.05, 0.1) is 6.61 Å². The van der Waals surface area contributed by atoms with E-state index >= 15 is 0 Å². The van der Waals surface area contributed by atoms with E-state index in [0.717, 1.165) is 5.56 Å². The Kier molecular flexibility index (Phi) is 4.51. The Labute approximate surface area is 99.9 Å². The molecule has 1 aromatic rings. The number of benzene rings is 1. The first-order valence-electron chi connectivity index (χ1n) is 5.34. The molecule has 0 fully saturated rings. The Hall–Kier alpha value is -2.04. The molecule has 0 aliphatic rings. The number of nitrogens with one attached hydrogen (secondary N) is 1. The highest BCUT2D eigenvalue weighted by atomic mass is 16.5. The molecule has 17 heavy (non-hydrogen) atoms. The molecule has 0 heterocycles. The molecular formula is C12H16N2O3. The zero-order valence-electron chi connectivity index (χ0n) is 9.95. The van der Waals surface area contributed by atoms with Crippen molar-refractivity contribution in [3.63, 3.8) is 0 Å². The predicted molar refractivity (Wildman–Crippen MR) is 64.6 cm³/mol. The number of hydrogen-bond donors (Lipinski definition) is 2. The summed E-state index contributed by atoms with van der Waals surface area (Å²) in [5, 5.41) is 2.48. The monoisotopic (exact) mass is 236 g/mol. The van der Waals surface area contributed by atoms with Crippen LogP contribution < -0.4 is 11.1 Å². The lowest BCUT2D eigenvalue weighted by Gasteiger charge is -2.08. The molecule has 0 aliphatic carbocycles. The van der Waals surface area contributed by atoms with Crippen molar-refractivity contribution in [2.24, 2.45) is 0 Å². The minimum atomic E-state index is -0.456. The van der Waals surface area contributed by atoms with Crippen LogP contribution >= 0.6 is 0 Å². The summed E-state index contributed by atoms with van der Waals surface area (Å²) in [5.74, 6) is -0.787.